The van der Waals surface area contributed by atoms with Crippen LogP contribution in [0, 0.1) is 5.41 Å². The molecule has 5 heteroatoms. The van der Waals surface area contributed by atoms with Crippen molar-refractivity contribution in [3.05, 3.63) is 54.1 Å². The van der Waals surface area contributed by atoms with Crippen molar-refractivity contribution in [1.29, 1.82) is 0 Å². The van der Waals surface area contributed by atoms with Crippen molar-refractivity contribution in [3.8, 4) is 16.9 Å². The number of amides is 2. The third-order valence-electron chi connectivity index (χ3n) is 4.97. The van der Waals surface area contributed by atoms with Gasteiger partial charge in [-0.05, 0) is 18.9 Å². The van der Waals surface area contributed by atoms with E-state index < -0.39 is 11.5 Å². The zero-order valence-electron chi connectivity index (χ0n) is 18.0. The molecule has 0 radical (unpaired) electrons. The number of para-hydroxylation sites is 1. The number of ether oxygens (including phenoxy) is 1. The smallest absolute Gasteiger partial charge is 0.315 e. The molecule has 0 aliphatic heterocycles. The van der Waals surface area contributed by atoms with Gasteiger partial charge in [0.2, 0.25) is 0 Å². The van der Waals surface area contributed by atoms with Crippen molar-refractivity contribution in [2.75, 3.05) is 19.8 Å². The van der Waals surface area contributed by atoms with E-state index in [4.69, 9.17) is 4.74 Å². The minimum atomic E-state index is -0.425. The van der Waals surface area contributed by atoms with Crippen LogP contribution in [0.5, 0.6) is 5.75 Å². The lowest BCUT2D eigenvalue weighted by molar-refractivity contribution is 0.0405. The predicted octanol–water partition coefficient (Wildman–Crippen LogP) is 5.26. The summed E-state index contributed by atoms with van der Waals surface area (Å²) < 4.78 is 5.88. The summed E-state index contributed by atoms with van der Waals surface area (Å²) in [6.45, 7) is 9.78. The third kappa shape index (κ3) is 6.23. The van der Waals surface area contributed by atoms with Gasteiger partial charge in [0.1, 0.15) is 5.75 Å². The van der Waals surface area contributed by atoms with Crippen LogP contribution in [-0.2, 0) is 4.74 Å². The van der Waals surface area contributed by atoms with Gasteiger partial charge in [0.25, 0.3) is 0 Å². The number of phenols is 1. The number of nitrogens with one attached hydrogen (secondary N) is 2. The van der Waals surface area contributed by atoms with Crippen LogP contribution in [-0.4, -0.2) is 30.9 Å². The summed E-state index contributed by atoms with van der Waals surface area (Å²) in [5.74, 6) is 0.183. The van der Waals surface area contributed by atoms with Crippen LogP contribution in [0.1, 0.15) is 52.1 Å². The Bertz CT molecular complexity index is 775. The molecule has 1 atom stereocenters. The van der Waals surface area contributed by atoms with Gasteiger partial charge in [-0.15, -0.1) is 0 Å². The van der Waals surface area contributed by atoms with Crippen LogP contribution in [0.3, 0.4) is 0 Å². The maximum Gasteiger partial charge on any atom is 0.315 e. The maximum absolute atomic E-state index is 12.4. The monoisotopic (exact) mass is 398 g/mol. The third-order valence-corrected chi connectivity index (χ3v) is 4.97. The van der Waals surface area contributed by atoms with Crippen LogP contribution in [0.15, 0.2) is 48.5 Å². The van der Waals surface area contributed by atoms with Crippen molar-refractivity contribution in [1.82, 2.24) is 10.6 Å². The van der Waals surface area contributed by atoms with Gasteiger partial charge < -0.3 is 20.5 Å². The van der Waals surface area contributed by atoms with Gasteiger partial charge in [0, 0.05) is 29.7 Å². The van der Waals surface area contributed by atoms with E-state index in [1.807, 2.05) is 69.3 Å². The molecule has 0 aliphatic rings. The quantitative estimate of drug-likeness (QED) is 0.478. The number of rotatable bonds is 10. The fourth-order valence-corrected chi connectivity index (χ4v) is 3.35. The number of benzene rings is 2. The molecule has 2 amide bonds. The molecular formula is C24H34N2O3. The summed E-state index contributed by atoms with van der Waals surface area (Å²) in [5.41, 5.74) is 1.93. The second-order valence-corrected chi connectivity index (χ2v) is 7.94. The Hall–Kier alpha value is -2.53. The summed E-state index contributed by atoms with van der Waals surface area (Å²) >= 11 is 0. The first-order valence-electron chi connectivity index (χ1n) is 10.4. The normalized spacial score (nSPS) is 12.4. The highest BCUT2D eigenvalue weighted by Gasteiger charge is 2.34. The van der Waals surface area contributed by atoms with Crippen LogP contribution in [0.25, 0.3) is 11.1 Å². The first-order valence-corrected chi connectivity index (χ1v) is 10.4. The van der Waals surface area contributed by atoms with E-state index in [2.05, 4.69) is 17.6 Å². The van der Waals surface area contributed by atoms with Crippen molar-refractivity contribution >= 4 is 6.03 Å². The molecule has 2 rings (SSSR count). The van der Waals surface area contributed by atoms with Gasteiger partial charge >= 0.3 is 6.03 Å². The summed E-state index contributed by atoms with van der Waals surface area (Å²) in [7, 11) is 0. The lowest BCUT2D eigenvalue weighted by Gasteiger charge is -2.35. The van der Waals surface area contributed by atoms with Gasteiger partial charge in [-0.3, -0.25) is 0 Å². The van der Waals surface area contributed by atoms with E-state index >= 15 is 0 Å². The number of urea groups is 1. The summed E-state index contributed by atoms with van der Waals surface area (Å²) in [6, 6.07) is 14.7. The van der Waals surface area contributed by atoms with Gasteiger partial charge in [0.05, 0.1) is 12.6 Å². The zero-order valence-corrected chi connectivity index (χ0v) is 18.0. The molecule has 0 aliphatic carbocycles. The van der Waals surface area contributed by atoms with Crippen molar-refractivity contribution in [2.24, 2.45) is 5.41 Å². The highest BCUT2D eigenvalue weighted by molar-refractivity contribution is 5.76. The van der Waals surface area contributed by atoms with Crippen molar-refractivity contribution < 1.29 is 14.6 Å². The Morgan fingerprint density at radius 1 is 1.10 bits per heavy atom. The Kier molecular flexibility index (Phi) is 8.52. The minimum absolute atomic E-state index is 0.183. The summed E-state index contributed by atoms with van der Waals surface area (Å²) in [4.78, 5) is 12.4. The largest absolute Gasteiger partial charge is 0.507 e. The highest BCUT2D eigenvalue weighted by atomic mass is 16.5. The fourth-order valence-electron chi connectivity index (χ4n) is 3.35. The topological polar surface area (TPSA) is 70.6 Å². The molecule has 29 heavy (non-hydrogen) atoms. The number of hydrogen-bond acceptors (Lipinski definition) is 3. The van der Waals surface area contributed by atoms with Gasteiger partial charge in [-0.2, -0.15) is 0 Å². The average Bonchev–Trinajstić information content (AvgIpc) is 2.71. The van der Waals surface area contributed by atoms with Gasteiger partial charge in [-0.1, -0.05) is 75.7 Å². The number of carbonyl (C=O) groups is 1. The van der Waals surface area contributed by atoms with Crippen LogP contribution in [0.4, 0.5) is 4.79 Å². The summed E-state index contributed by atoms with van der Waals surface area (Å²) in [6.07, 6.45) is 2.07. The van der Waals surface area contributed by atoms with Crippen molar-refractivity contribution in [2.45, 2.75) is 46.6 Å². The molecule has 0 spiro atoms. The van der Waals surface area contributed by atoms with E-state index in [-0.39, 0.29) is 11.8 Å². The molecule has 0 heterocycles. The predicted molar refractivity (Wildman–Crippen MR) is 118 cm³/mol. The molecule has 0 aromatic heterocycles. The lowest BCUT2D eigenvalue weighted by atomic mass is 9.80. The van der Waals surface area contributed by atoms with E-state index in [0.29, 0.717) is 25.3 Å². The minimum Gasteiger partial charge on any atom is -0.507 e. The molecule has 0 saturated carbocycles. The van der Waals surface area contributed by atoms with E-state index in [1.54, 1.807) is 0 Å². The molecule has 158 valence electrons. The van der Waals surface area contributed by atoms with E-state index in [1.165, 1.54) is 0 Å². The Morgan fingerprint density at radius 3 is 2.48 bits per heavy atom. The molecule has 0 bridgehead atoms. The first kappa shape index (κ1) is 22.8. The van der Waals surface area contributed by atoms with E-state index in [0.717, 1.165) is 24.0 Å². The van der Waals surface area contributed by atoms with E-state index in [9.17, 15) is 9.90 Å². The number of phenolic OH excluding ortho intramolecular Hbond substituents is 1. The average molecular weight is 399 g/mol. The Balaban J connectivity index is 2.39. The highest BCUT2D eigenvalue weighted by Crippen LogP contribution is 2.42. The number of aromatic hydroxyl groups is 1. The van der Waals surface area contributed by atoms with Crippen LogP contribution >= 0.6 is 0 Å². The van der Waals surface area contributed by atoms with Crippen LogP contribution in [0.2, 0.25) is 0 Å². The first-order chi connectivity index (χ1) is 13.9. The second-order valence-electron chi connectivity index (χ2n) is 7.94. The zero-order chi connectivity index (χ0) is 21.3. The molecule has 2 aromatic rings. The standard InChI is InChI=1S/C24H34N2O3/c1-5-7-16-29-17-24(3,4)22(26-23(28)25-6-2)20-15-11-14-19(21(20)27)18-12-9-8-10-13-18/h8-15,22,27H,5-7,16-17H2,1-4H3,(H2,25,26,28). The lowest BCUT2D eigenvalue weighted by Crippen LogP contribution is -2.45. The maximum atomic E-state index is 12.4. The van der Waals surface area contributed by atoms with Crippen LogP contribution < -0.4 is 10.6 Å². The molecule has 3 N–H and O–H groups in total. The fraction of sp³-hybridized carbons (Fsp3) is 0.458. The summed E-state index contributed by atoms with van der Waals surface area (Å²) in [5, 5.41) is 16.9. The molecule has 1 unspecified atom stereocenters. The molecule has 0 fully saturated rings. The second kappa shape index (κ2) is 10.9. The SMILES string of the molecule is CCCCOCC(C)(C)C(NC(=O)NCC)c1cccc(-c2ccccc2)c1O. The molecule has 2 aromatic carbocycles. The van der Waals surface area contributed by atoms with Crippen molar-refractivity contribution in [3.63, 3.8) is 0 Å². The van der Waals surface area contributed by atoms with Gasteiger partial charge in [-0.25, -0.2) is 4.79 Å². The number of unbranched alkanes of at least 4 members (excludes halogenated alkanes) is 1. The Morgan fingerprint density at radius 2 is 1.83 bits per heavy atom. The molecule has 0 saturated heterocycles. The Labute approximate surface area is 174 Å². The number of hydrogen-bond donors (Lipinski definition) is 3. The molecular weight excluding hydrogens is 364 g/mol. The molecule has 5 nitrogen and oxygen atoms in total. The number of carbonyl (C=O) groups excluding carboxylic acids is 1. The van der Waals surface area contributed by atoms with Gasteiger partial charge in [0.15, 0.2) is 0 Å².